The van der Waals surface area contributed by atoms with Gasteiger partial charge in [-0.3, -0.25) is 0 Å². The van der Waals surface area contributed by atoms with Crippen LogP contribution in [0.4, 0.5) is 13.2 Å². The molecule has 3 nitrogen and oxygen atoms in total. The van der Waals surface area contributed by atoms with E-state index in [0.717, 1.165) is 25.3 Å². The smallest absolute Gasteiger partial charge is 0.387 e. The molecular weight excluding hydrogens is 377 g/mol. The van der Waals surface area contributed by atoms with Gasteiger partial charge in [0, 0.05) is 5.41 Å². The Bertz CT molecular complexity index is 735. The summed E-state index contributed by atoms with van der Waals surface area (Å²) in [7, 11) is -3.27. The topological polar surface area (TPSA) is 43.4 Å². The molecule has 2 rings (SSSR count). The van der Waals surface area contributed by atoms with Crippen molar-refractivity contribution in [3.05, 3.63) is 29.6 Å². The van der Waals surface area contributed by atoms with Gasteiger partial charge in [-0.25, -0.2) is 12.8 Å². The molecule has 1 aliphatic rings. The Morgan fingerprint density at radius 2 is 1.81 bits per heavy atom. The van der Waals surface area contributed by atoms with Gasteiger partial charge in [0.2, 0.25) is 0 Å². The summed E-state index contributed by atoms with van der Waals surface area (Å²) >= 11 is 0. The summed E-state index contributed by atoms with van der Waals surface area (Å²) in [4.78, 5) is 0. The standard InChI is InChI=1S/C20H29F3O3S/c1-19(2,3)9-5-4-6-12-27(24,25)14-20(10-11-20)15-7-8-16(21)17(13-15)26-18(22)23/h7-8,13,18H,4-6,9-12,14H2,1-3H3. The van der Waals surface area contributed by atoms with Crippen LogP contribution in [0.15, 0.2) is 18.2 Å². The number of halogens is 3. The molecule has 1 saturated carbocycles. The lowest BCUT2D eigenvalue weighted by atomic mass is 9.90. The van der Waals surface area contributed by atoms with Crippen LogP contribution in [0.25, 0.3) is 0 Å². The van der Waals surface area contributed by atoms with Crippen molar-refractivity contribution in [3.63, 3.8) is 0 Å². The van der Waals surface area contributed by atoms with Crippen molar-refractivity contribution < 1.29 is 26.3 Å². The van der Waals surface area contributed by atoms with E-state index in [1.807, 2.05) is 0 Å². The zero-order valence-electron chi connectivity index (χ0n) is 16.2. The Hall–Kier alpha value is -1.24. The maximum atomic E-state index is 13.6. The highest BCUT2D eigenvalue weighted by atomic mass is 32.2. The number of alkyl halides is 2. The first kappa shape index (κ1) is 22.1. The summed E-state index contributed by atoms with van der Waals surface area (Å²) in [6.45, 7) is 3.36. The molecule has 0 aliphatic heterocycles. The van der Waals surface area contributed by atoms with Gasteiger partial charge in [0.1, 0.15) is 0 Å². The molecule has 0 bridgehead atoms. The molecule has 27 heavy (non-hydrogen) atoms. The van der Waals surface area contributed by atoms with E-state index in [2.05, 4.69) is 25.5 Å². The van der Waals surface area contributed by atoms with Crippen molar-refractivity contribution in [2.75, 3.05) is 11.5 Å². The van der Waals surface area contributed by atoms with Gasteiger partial charge in [0.05, 0.1) is 11.5 Å². The number of unbranched alkanes of at least 4 members (excludes halogenated alkanes) is 2. The molecule has 0 saturated heterocycles. The van der Waals surface area contributed by atoms with Gasteiger partial charge in [-0.05, 0) is 48.8 Å². The molecule has 0 amide bonds. The Morgan fingerprint density at radius 1 is 1.15 bits per heavy atom. The molecule has 0 heterocycles. The number of benzene rings is 1. The highest BCUT2D eigenvalue weighted by molar-refractivity contribution is 7.91. The van der Waals surface area contributed by atoms with Gasteiger partial charge in [-0.1, -0.05) is 39.7 Å². The molecule has 0 spiro atoms. The minimum atomic E-state index is -3.27. The molecule has 0 unspecified atom stereocenters. The summed E-state index contributed by atoms with van der Waals surface area (Å²) in [5.41, 5.74) is 0.200. The van der Waals surface area contributed by atoms with Crippen molar-refractivity contribution >= 4 is 9.84 Å². The average molecular weight is 407 g/mol. The third kappa shape index (κ3) is 7.01. The van der Waals surface area contributed by atoms with Gasteiger partial charge in [0.25, 0.3) is 0 Å². The Morgan fingerprint density at radius 3 is 2.37 bits per heavy atom. The minimum Gasteiger partial charge on any atom is -0.432 e. The van der Waals surface area contributed by atoms with E-state index >= 15 is 0 Å². The van der Waals surface area contributed by atoms with Gasteiger partial charge in [-0.15, -0.1) is 0 Å². The Balaban J connectivity index is 1.95. The maximum absolute atomic E-state index is 13.6. The van der Waals surface area contributed by atoms with E-state index < -0.39 is 33.4 Å². The largest absolute Gasteiger partial charge is 0.432 e. The van der Waals surface area contributed by atoms with Crippen molar-refractivity contribution in [1.82, 2.24) is 0 Å². The first-order valence-corrected chi connectivity index (χ1v) is 11.2. The average Bonchev–Trinajstić information content (AvgIpc) is 3.27. The quantitative estimate of drug-likeness (QED) is 0.483. The number of hydrogen-bond donors (Lipinski definition) is 0. The second-order valence-corrected chi connectivity index (χ2v) is 11.0. The van der Waals surface area contributed by atoms with E-state index in [-0.39, 0.29) is 16.9 Å². The van der Waals surface area contributed by atoms with Crippen LogP contribution in [0, 0.1) is 11.2 Å². The first-order valence-electron chi connectivity index (χ1n) is 9.38. The van der Waals surface area contributed by atoms with Gasteiger partial charge in [0.15, 0.2) is 21.4 Å². The summed E-state index contributed by atoms with van der Waals surface area (Å²) < 4.78 is 67.7. The molecule has 1 aliphatic carbocycles. The lowest BCUT2D eigenvalue weighted by molar-refractivity contribution is -0.0522. The van der Waals surface area contributed by atoms with Crippen molar-refractivity contribution in [2.45, 2.75) is 71.3 Å². The number of ether oxygens (including phenoxy) is 1. The maximum Gasteiger partial charge on any atom is 0.387 e. The third-order valence-corrected chi connectivity index (χ3v) is 6.89. The summed E-state index contributed by atoms with van der Waals surface area (Å²) in [5, 5.41) is 0. The molecule has 1 aromatic carbocycles. The van der Waals surface area contributed by atoms with Crippen LogP contribution >= 0.6 is 0 Å². The molecule has 1 fully saturated rings. The fourth-order valence-corrected chi connectivity index (χ4v) is 5.42. The first-order chi connectivity index (χ1) is 12.4. The summed E-state index contributed by atoms with van der Waals surface area (Å²) in [6, 6.07) is 3.75. The number of sulfone groups is 1. The molecule has 0 radical (unpaired) electrons. The summed E-state index contributed by atoms with van der Waals surface area (Å²) in [6.07, 6.45) is 4.84. The lowest BCUT2D eigenvalue weighted by Crippen LogP contribution is -2.23. The molecule has 154 valence electrons. The third-order valence-electron chi connectivity index (χ3n) is 4.99. The van der Waals surface area contributed by atoms with Gasteiger partial charge < -0.3 is 4.74 Å². The number of hydrogen-bond acceptors (Lipinski definition) is 3. The van der Waals surface area contributed by atoms with Crippen LogP contribution in [-0.2, 0) is 15.3 Å². The molecule has 0 aromatic heterocycles. The van der Waals surface area contributed by atoms with Crippen molar-refractivity contribution in [3.8, 4) is 5.75 Å². The zero-order chi connectivity index (χ0) is 20.3. The normalized spacial score (nSPS) is 16.6. The summed E-state index contributed by atoms with van der Waals surface area (Å²) in [5.74, 6) is -1.32. The van der Waals surface area contributed by atoms with Crippen LogP contribution < -0.4 is 4.74 Å². The molecule has 0 N–H and O–H groups in total. The fourth-order valence-electron chi connectivity index (χ4n) is 3.33. The lowest BCUT2D eigenvalue weighted by Gasteiger charge is -2.18. The van der Waals surface area contributed by atoms with Gasteiger partial charge >= 0.3 is 6.61 Å². The van der Waals surface area contributed by atoms with E-state index in [9.17, 15) is 21.6 Å². The molecular formula is C20H29F3O3S. The van der Waals surface area contributed by atoms with Crippen LogP contribution in [-0.4, -0.2) is 26.5 Å². The van der Waals surface area contributed by atoms with Crippen LogP contribution in [0.1, 0.15) is 64.9 Å². The SMILES string of the molecule is CC(C)(C)CCCCCS(=O)(=O)CC1(c2ccc(F)c(OC(F)F)c2)CC1. The predicted octanol–water partition coefficient (Wildman–Crippen LogP) is 5.48. The minimum absolute atomic E-state index is 0.0287. The molecule has 0 atom stereocenters. The van der Waals surface area contributed by atoms with E-state index in [0.29, 0.717) is 24.8 Å². The number of rotatable bonds is 10. The van der Waals surface area contributed by atoms with E-state index in [4.69, 9.17) is 0 Å². The highest BCUT2D eigenvalue weighted by Crippen LogP contribution is 2.50. The predicted molar refractivity (Wildman–Crippen MR) is 101 cm³/mol. The van der Waals surface area contributed by atoms with Crippen LogP contribution in [0.3, 0.4) is 0 Å². The molecule has 7 heteroatoms. The van der Waals surface area contributed by atoms with Crippen molar-refractivity contribution in [2.24, 2.45) is 5.41 Å². The van der Waals surface area contributed by atoms with Crippen molar-refractivity contribution in [1.29, 1.82) is 0 Å². The Labute approximate surface area is 160 Å². The van der Waals surface area contributed by atoms with E-state index in [1.54, 1.807) is 0 Å². The van der Waals surface area contributed by atoms with Gasteiger partial charge in [-0.2, -0.15) is 8.78 Å². The van der Waals surface area contributed by atoms with Crippen LogP contribution in [0.5, 0.6) is 5.75 Å². The second-order valence-electron chi connectivity index (χ2n) is 8.77. The second kappa shape index (κ2) is 8.41. The fraction of sp³-hybridized carbons (Fsp3) is 0.700. The monoisotopic (exact) mass is 406 g/mol. The molecule has 1 aromatic rings. The van der Waals surface area contributed by atoms with E-state index in [1.165, 1.54) is 12.1 Å². The zero-order valence-corrected chi connectivity index (χ0v) is 17.0. The van der Waals surface area contributed by atoms with Crippen LogP contribution in [0.2, 0.25) is 0 Å². The Kier molecular flexibility index (Phi) is 6.87. The highest BCUT2D eigenvalue weighted by Gasteiger charge is 2.47.